The molecule has 1 aliphatic rings. The number of nitrogens with zero attached hydrogens (tertiary/aromatic N) is 2. The second-order valence-corrected chi connectivity index (χ2v) is 7.04. The largest absolute Gasteiger partial charge is 0.310 e. The molecule has 4 heteroatoms. The highest BCUT2D eigenvalue weighted by atomic mass is 32.2. The van der Waals surface area contributed by atoms with E-state index in [4.69, 9.17) is 0 Å². The molecule has 1 saturated carbocycles. The summed E-state index contributed by atoms with van der Waals surface area (Å²) in [4.78, 5) is 8.75. The number of thioether (sulfide) groups is 1. The average Bonchev–Trinajstić information content (AvgIpc) is 2.98. The molecule has 0 aliphatic heterocycles. The summed E-state index contributed by atoms with van der Waals surface area (Å²) in [5.41, 5.74) is 1.17. The number of hydrogen-bond donors (Lipinski definition) is 1. The van der Waals surface area contributed by atoms with Crippen LogP contribution in [0, 0.1) is 0 Å². The normalized spacial score (nSPS) is 16.4. The van der Waals surface area contributed by atoms with Gasteiger partial charge in [-0.1, -0.05) is 32.5 Å². The van der Waals surface area contributed by atoms with Gasteiger partial charge in [0.1, 0.15) is 0 Å². The highest BCUT2D eigenvalue weighted by Crippen LogP contribution is 2.28. The monoisotopic (exact) mass is 237 g/mol. The van der Waals surface area contributed by atoms with E-state index in [-0.39, 0.29) is 4.75 Å². The van der Waals surface area contributed by atoms with Gasteiger partial charge in [-0.2, -0.15) is 0 Å². The zero-order chi connectivity index (χ0) is 11.6. The lowest BCUT2D eigenvalue weighted by molar-refractivity contribution is 0.679. The van der Waals surface area contributed by atoms with Crippen LogP contribution in [0.25, 0.3) is 0 Å². The highest BCUT2D eigenvalue weighted by molar-refractivity contribution is 8.00. The predicted molar refractivity (Wildman–Crippen MR) is 67.5 cm³/mol. The van der Waals surface area contributed by atoms with Gasteiger partial charge in [0.15, 0.2) is 5.16 Å². The van der Waals surface area contributed by atoms with Gasteiger partial charge in [0.25, 0.3) is 0 Å². The van der Waals surface area contributed by atoms with Gasteiger partial charge in [-0.25, -0.2) is 9.97 Å². The van der Waals surface area contributed by atoms with Crippen molar-refractivity contribution in [2.45, 2.75) is 56.1 Å². The molecule has 88 valence electrons. The van der Waals surface area contributed by atoms with Crippen molar-refractivity contribution >= 4 is 11.8 Å². The molecule has 1 fully saturated rings. The summed E-state index contributed by atoms with van der Waals surface area (Å²) in [6, 6.07) is 0.739. The minimum Gasteiger partial charge on any atom is -0.310 e. The quantitative estimate of drug-likeness (QED) is 0.645. The average molecular weight is 237 g/mol. The van der Waals surface area contributed by atoms with Gasteiger partial charge in [-0.3, -0.25) is 0 Å². The van der Waals surface area contributed by atoms with Crippen LogP contribution >= 0.6 is 11.8 Å². The van der Waals surface area contributed by atoms with E-state index in [0.717, 1.165) is 17.7 Å². The van der Waals surface area contributed by atoms with Crippen molar-refractivity contribution < 1.29 is 0 Å². The third-order valence-electron chi connectivity index (χ3n) is 2.25. The van der Waals surface area contributed by atoms with Crippen molar-refractivity contribution in [1.82, 2.24) is 15.3 Å². The minimum absolute atomic E-state index is 0.174. The van der Waals surface area contributed by atoms with Gasteiger partial charge < -0.3 is 5.32 Å². The Morgan fingerprint density at radius 2 is 1.94 bits per heavy atom. The Morgan fingerprint density at radius 3 is 2.44 bits per heavy atom. The topological polar surface area (TPSA) is 37.8 Å². The first-order valence-electron chi connectivity index (χ1n) is 5.76. The van der Waals surface area contributed by atoms with E-state index in [2.05, 4.69) is 36.1 Å². The van der Waals surface area contributed by atoms with Crippen molar-refractivity contribution in [3.63, 3.8) is 0 Å². The lowest BCUT2D eigenvalue weighted by Crippen LogP contribution is -2.15. The fraction of sp³-hybridized carbons (Fsp3) is 0.667. The van der Waals surface area contributed by atoms with Crippen LogP contribution in [0.3, 0.4) is 0 Å². The number of aromatic nitrogens is 2. The van der Waals surface area contributed by atoms with Gasteiger partial charge in [-0.15, -0.1) is 0 Å². The Balaban J connectivity index is 1.87. The number of rotatable bonds is 4. The van der Waals surface area contributed by atoms with Crippen LogP contribution < -0.4 is 5.32 Å². The molecule has 1 aromatic rings. The zero-order valence-corrected chi connectivity index (χ0v) is 11.0. The lowest BCUT2D eigenvalue weighted by Gasteiger charge is -2.15. The van der Waals surface area contributed by atoms with Gasteiger partial charge in [0.2, 0.25) is 0 Å². The van der Waals surface area contributed by atoms with Crippen LogP contribution in [-0.4, -0.2) is 20.8 Å². The van der Waals surface area contributed by atoms with Gasteiger partial charge in [0, 0.05) is 35.3 Å². The maximum Gasteiger partial charge on any atom is 0.187 e. The first-order chi connectivity index (χ1) is 7.53. The van der Waals surface area contributed by atoms with Crippen molar-refractivity contribution in [2.75, 3.05) is 0 Å². The smallest absolute Gasteiger partial charge is 0.187 e. The molecule has 1 aliphatic carbocycles. The Hall–Kier alpha value is -0.610. The van der Waals surface area contributed by atoms with Gasteiger partial charge >= 0.3 is 0 Å². The lowest BCUT2D eigenvalue weighted by atomic mass is 10.3. The van der Waals surface area contributed by atoms with Crippen LogP contribution in [0.2, 0.25) is 0 Å². The summed E-state index contributed by atoms with van der Waals surface area (Å²) in [6.45, 7) is 7.40. The van der Waals surface area contributed by atoms with Crippen molar-refractivity contribution in [3.05, 3.63) is 18.0 Å². The zero-order valence-electron chi connectivity index (χ0n) is 10.2. The molecule has 0 aromatic carbocycles. The van der Waals surface area contributed by atoms with E-state index in [0.29, 0.717) is 0 Å². The van der Waals surface area contributed by atoms with E-state index < -0.39 is 0 Å². The summed E-state index contributed by atoms with van der Waals surface area (Å²) < 4.78 is 0.174. The molecule has 0 spiro atoms. The van der Waals surface area contributed by atoms with Gasteiger partial charge in [0.05, 0.1) is 0 Å². The molecule has 0 bridgehead atoms. The molecule has 3 nitrogen and oxygen atoms in total. The van der Waals surface area contributed by atoms with Crippen molar-refractivity contribution in [1.29, 1.82) is 0 Å². The highest BCUT2D eigenvalue weighted by Gasteiger charge is 2.20. The summed E-state index contributed by atoms with van der Waals surface area (Å²) in [7, 11) is 0. The van der Waals surface area contributed by atoms with Gasteiger partial charge in [-0.05, 0) is 12.8 Å². The van der Waals surface area contributed by atoms with E-state index in [1.54, 1.807) is 11.8 Å². The minimum atomic E-state index is 0.174. The maximum atomic E-state index is 4.37. The summed E-state index contributed by atoms with van der Waals surface area (Å²) in [5, 5.41) is 4.32. The summed E-state index contributed by atoms with van der Waals surface area (Å²) in [6.07, 6.45) is 6.49. The molecule has 0 amide bonds. The van der Waals surface area contributed by atoms with Crippen molar-refractivity contribution in [3.8, 4) is 0 Å². The third kappa shape index (κ3) is 4.10. The molecule has 1 N–H and O–H groups in total. The van der Waals surface area contributed by atoms with Crippen LogP contribution in [0.15, 0.2) is 17.6 Å². The van der Waals surface area contributed by atoms with Crippen LogP contribution in [0.4, 0.5) is 0 Å². The molecule has 0 unspecified atom stereocenters. The Bertz CT molecular complexity index is 338. The Kier molecular flexibility index (Phi) is 3.50. The molecule has 0 atom stereocenters. The molecule has 1 heterocycles. The summed E-state index contributed by atoms with van der Waals surface area (Å²) in [5.74, 6) is 0. The Morgan fingerprint density at radius 1 is 1.31 bits per heavy atom. The maximum absolute atomic E-state index is 4.37. The van der Waals surface area contributed by atoms with Crippen LogP contribution in [0.1, 0.15) is 39.2 Å². The van der Waals surface area contributed by atoms with Crippen LogP contribution in [-0.2, 0) is 6.54 Å². The molecule has 1 aromatic heterocycles. The Labute approximate surface area is 101 Å². The number of nitrogens with one attached hydrogen (secondary N) is 1. The van der Waals surface area contributed by atoms with E-state index in [9.17, 15) is 0 Å². The number of hydrogen-bond acceptors (Lipinski definition) is 4. The fourth-order valence-electron chi connectivity index (χ4n) is 1.31. The molecule has 2 rings (SSSR count). The second-order valence-electron chi connectivity index (χ2n) is 5.24. The van der Waals surface area contributed by atoms with E-state index in [1.165, 1.54) is 18.4 Å². The van der Waals surface area contributed by atoms with Crippen molar-refractivity contribution in [2.24, 2.45) is 0 Å². The molecule has 0 radical (unpaired) electrons. The third-order valence-corrected chi connectivity index (χ3v) is 3.26. The standard InChI is InChI=1S/C12H19N3S/c1-12(2,3)16-11-14-7-9(8-15-11)6-13-10-4-5-10/h7-8,10,13H,4-6H2,1-3H3. The van der Waals surface area contributed by atoms with Crippen LogP contribution in [0.5, 0.6) is 0 Å². The van der Waals surface area contributed by atoms with E-state index in [1.807, 2.05) is 12.4 Å². The second kappa shape index (κ2) is 4.72. The molecular weight excluding hydrogens is 218 g/mol. The summed E-state index contributed by atoms with van der Waals surface area (Å²) >= 11 is 1.70. The molecule has 16 heavy (non-hydrogen) atoms. The molecule has 0 saturated heterocycles. The fourth-order valence-corrected chi connectivity index (χ4v) is 2.07. The molecular formula is C12H19N3S. The predicted octanol–water partition coefficient (Wildman–Crippen LogP) is 2.62. The first-order valence-corrected chi connectivity index (χ1v) is 6.58. The SMILES string of the molecule is CC(C)(C)Sc1ncc(CNC2CC2)cn1. The first kappa shape index (κ1) is 11.9. The van der Waals surface area contributed by atoms with E-state index >= 15 is 0 Å².